The highest BCUT2D eigenvalue weighted by atomic mass is 35.5. The third-order valence-electron chi connectivity index (χ3n) is 2.82. The van der Waals surface area contributed by atoms with Crippen molar-refractivity contribution in [3.05, 3.63) is 29.6 Å². The number of aryl methyl sites for hydroxylation is 1. The van der Waals surface area contributed by atoms with Gasteiger partial charge in [0.2, 0.25) is 5.91 Å². The molecule has 94 valence electrons. The van der Waals surface area contributed by atoms with Gasteiger partial charge in [-0.15, -0.1) is 12.4 Å². The molecule has 0 spiro atoms. The molecule has 0 radical (unpaired) electrons. The van der Waals surface area contributed by atoms with Gasteiger partial charge in [0.15, 0.2) is 0 Å². The lowest BCUT2D eigenvalue weighted by molar-refractivity contribution is -0.117. The molecule has 1 amide bonds. The highest BCUT2D eigenvalue weighted by Gasteiger charge is 2.22. The minimum atomic E-state index is -0.283. The number of rotatable bonds is 2. The lowest BCUT2D eigenvalue weighted by atomic mass is 10.1. The lowest BCUT2D eigenvalue weighted by Crippen LogP contribution is -2.35. The van der Waals surface area contributed by atoms with Gasteiger partial charge in [-0.2, -0.15) is 0 Å². The van der Waals surface area contributed by atoms with E-state index < -0.39 is 0 Å². The van der Waals surface area contributed by atoms with Crippen LogP contribution in [0.2, 0.25) is 0 Å². The predicted octanol–water partition coefficient (Wildman–Crippen LogP) is 2.25. The van der Waals surface area contributed by atoms with Crippen molar-refractivity contribution in [2.45, 2.75) is 25.8 Å². The molecule has 17 heavy (non-hydrogen) atoms. The number of hydrogen-bond donors (Lipinski definition) is 2. The molecule has 1 aromatic carbocycles. The molecule has 1 aromatic rings. The first kappa shape index (κ1) is 13.9. The average molecular weight is 259 g/mol. The second-order valence-corrected chi connectivity index (χ2v) is 4.10. The fourth-order valence-corrected chi connectivity index (χ4v) is 1.90. The predicted molar refractivity (Wildman–Crippen MR) is 68.0 cm³/mol. The Morgan fingerprint density at radius 2 is 2.29 bits per heavy atom. The van der Waals surface area contributed by atoms with Crippen molar-refractivity contribution < 1.29 is 9.18 Å². The van der Waals surface area contributed by atoms with E-state index in [1.54, 1.807) is 13.0 Å². The van der Waals surface area contributed by atoms with Crippen LogP contribution in [-0.4, -0.2) is 18.5 Å². The normalized spacial score (nSPS) is 18.6. The van der Waals surface area contributed by atoms with Gasteiger partial charge in [-0.1, -0.05) is 0 Å². The smallest absolute Gasteiger partial charge is 0.241 e. The summed E-state index contributed by atoms with van der Waals surface area (Å²) in [6.07, 6.45) is 1.90. The first-order valence-electron chi connectivity index (χ1n) is 5.47. The fraction of sp³-hybridized carbons (Fsp3) is 0.417. The van der Waals surface area contributed by atoms with Gasteiger partial charge in [0.05, 0.1) is 6.04 Å². The van der Waals surface area contributed by atoms with Crippen molar-refractivity contribution in [2.24, 2.45) is 0 Å². The summed E-state index contributed by atoms with van der Waals surface area (Å²) in [5.41, 5.74) is 1.42. The summed E-state index contributed by atoms with van der Waals surface area (Å²) < 4.78 is 12.9. The van der Waals surface area contributed by atoms with E-state index in [0.29, 0.717) is 5.69 Å². The van der Waals surface area contributed by atoms with Gasteiger partial charge in [-0.05, 0) is 50.1 Å². The Balaban J connectivity index is 0.00000144. The van der Waals surface area contributed by atoms with E-state index in [4.69, 9.17) is 0 Å². The first-order valence-corrected chi connectivity index (χ1v) is 5.47. The number of halogens is 2. The highest BCUT2D eigenvalue weighted by molar-refractivity contribution is 5.95. The summed E-state index contributed by atoms with van der Waals surface area (Å²) in [6, 6.07) is 4.25. The van der Waals surface area contributed by atoms with Crippen molar-refractivity contribution in [3.63, 3.8) is 0 Å². The van der Waals surface area contributed by atoms with Crippen molar-refractivity contribution in [2.75, 3.05) is 11.9 Å². The van der Waals surface area contributed by atoms with Gasteiger partial charge in [-0.3, -0.25) is 4.79 Å². The van der Waals surface area contributed by atoms with E-state index in [1.807, 2.05) is 0 Å². The molecule has 5 heteroatoms. The minimum absolute atomic E-state index is 0. The Labute approximate surface area is 106 Å². The lowest BCUT2D eigenvalue weighted by Gasteiger charge is -2.12. The summed E-state index contributed by atoms with van der Waals surface area (Å²) in [6.45, 7) is 2.67. The van der Waals surface area contributed by atoms with Crippen molar-refractivity contribution >= 4 is 24.0 Å². The number of hydrogen-bond acceptors (Lipinski definition) is 2. The summed E-state index contributed by atoms with van der Waals surface area (Å²) in [5, 5.41) is 5.93. The third-order valence-corrected chi connectivity index (χ3v) is 2.82. The maximum absolute atomic E-state index is 12.9. The van der Waals surface area contributed by atoms with Crippen LogP contribution in [0.4, 0.5) is 10.1 Å². The molecule has 1 fully saturated rings. The average Bonchev–Trinajstić information content (AvgIpc) is 2.75. The number of nitrogens with one attached hydrogen (secondary N) is 2. The van der Waals surface area contributed by atoms with E-state index in [2.05, 4.69) is 10.6 Å². The molecule has 0 unspecified atom stereocenters. The van der Waals surface area contributed by atoms with E-state index in [0.717, 1.165) is 24.9 Å². The fourth-order valence-electron chi connectivity index (χ4n) is 1.90. The largest absolute Gasteiger partial charge is 0.324 e. The molecule has 1 atom stereocenters. The SMILES string of the molecule is Cc1cc(F)ccc1NC(=O)[C@@H]1CCCN1.Cl. The molecular weight excluding hydrogens is 243 g/mol. The maximum Gasteiger partial charge on any atom is 0.241 e. The van der Waals surface area contributed by atoms with E-state index in [-0.39, 0.29) is 30.2 Å². The standard InChI is InChI=1S/C12H15FN2O.ClH/c1-8-7-9(13)4-5-10(8)15-12(16)11-3-2-6-14-11;/h4-5,7,11,14H,2-3,6H2,1H3,(H,15,16);1H/t11-;/m0./s1. The quantitative estimate of drug-likeness (QED) is 0.854. The van der Waals surface area contributed by atoms with Crippen LogP contribution in [0.15, 0.2) is 18.2 Å². The topological polar surface area (TPSA) is 41.1 Å². The van der Waals surface area contributed by atoms with Gasteiger partial charge < -0.3 is 10.6 Å². The second-order valence-electron chi connectivity index (χ2n) is 4.10. The van der Waals surface area contributed by atoms with Crippen molar-refractivity contribution in [1.29, 1.82) is 0 Å². The molecule has 0 aliphatic carbocycles. The van der Waals surface area contributed by atoms with Gasteiger partial charge >= 0.3 is 0 Å². The number of amides is 1. The van der Waals surface area contributed by atoms with E-state index >= 15 is 0 Å². The molecule has 1 saturated heterocycles. The van der Waals surface area contributed by atoms with Gasteiger partial charge in [0, 0.05) is 5.69 Å². The van der Waals surface area contributed by atoms with Crippen LogP contribution >= 0.6 is 12.4 Å². The Bertz CT molecular complexity index is 405. The summed E-state index contributed by atoms with van der Waals surface area (Å²) in [4.78, 5) is 11.8. The number of anilines is 1. The van der Waals surface area contributed by atoms with Gasteiger partial charge in [0.25, 0.3) is 0 Å². The van der Waals surface area contributed by atoms with Gasteiger partial charge in [-0.25, -0.2) is 4.39 Å². The monoisotopic (exact) mass is 258 g/mol. The molecule has 2 N–H and O–H groups in total. The zero-order chi connectivity index (χ0) is 11.5. The number of carbonyl (C=O) groups is 1. The zero-order valence-electron chi connectivity index (χ0n) is 9.63. The Morgan fingerprint density at radius 1 is 1.53 bits per heavy atom. The van der Waals surface area contributed by atoms with Crippen LogP contribution in [-0.2, 0) is 4.79 Å². The first-order chi connectivity index (χ1) is 7.66. The third kappa shape index (κ3) is 3.41. The van der Waals surface area contributed by atoms with Crippen LogP contribution in [0.1, 0.15) is 18.4 Å². The Hall–Kier alpha value is -1.13. The van der Waals surface area contributed by atoms with Crippen molar-refractivity contribution in [1.82, 2.24) is 5.32 Å². The van der Waals surface area contributed by atoms with Crippen LogP contribution < -0.4 is 10.6 Å². The maximum atomic E-state index is 12.9. The molecule has 3 nitrogen and oxygen atoms in total. The molecule has 1 aliphatic rings. The van der Waals surface area contributed by atoms with Crippen molar-refractivity contribution in [3.8, 4) is 0 Å². The number of carbonyl (C=O) groups excluding carboxylic acids is 1. The van der Waals surface area contributed by atoms with E-state index in [9.17, 15) is 9.18 Å². The summed E-state index contributed by atoms with van der Waals surface area (Å²) in [5.74, 6) is -0.318. The number of benzene rings is 1. The Kier molecular flexibility index (Phi) is 4.90. The van der Waals surface area contributed by atoms with E-state index in [1.165, 1.54) is 12.1 Å². The van der Waals surface area contributed by atoms with Crippen LogP contribution in [0, 0.1) is 12.7 Å². The minimum Gasteiger partial charge on any atom is -0.324 e. The van der Waals surface area contributed by atoms with Crippen LogP contribution in [0.3, 0.4) is 0 Å². The van der Waals surface area contributed by atoms with Gasteiger partial charge in [0.1, 0.15) is 5.82 Å². The summed E-state index contributed by atoms with van der Waals surface area (Å²) in [7, 11) is 0. The Morgan fingerprint density at radius 3 is 2.88 bits per heavy atom. The summed E-state index contributed by atoms with van der Waals surface area (Å²) >= 11 is 0. The highest BCUT2D eigenvalue weighted by Crippen LogP contribution is 2.17. The molecular formula is C12H16ClFN2O. The zero-order valence-corrected chi connectivity index (χ0v) is 10.4. The van der Waals surface area contributed by atoms with Crippen LogP contribution in [0.25, 0.3) is 0 Å². The molecule has 1 aliphatic heterocycles. The second kappa shape index (κ2) is 5.98. The molecule has 0 saturated carbocycles. The van der Waals surface area contributed by atoms with Crippen LogP contribution in [0.5, 0.6) is 0 Å². The molecule has 1 heterocycles. The molecule has 0 aromatic heterocycles. The molecule has 2 rings (SSSR count). The molecule has 0 bridgehead atoms.